The molecule has 1 N–H and O–H groups in total. The molecule has 0 radical (unpaired) electrons. The molecule has 0 amide bonds. The van der Waals surface area contributed by atoms with Crippen LogP contribution in [-0.2, 0) is 0 Å². The number of hydrogen-bond donors (Lipinski definition) is 1. The number of rotatable bonds is 8. The lowest BCUT2D eigenvalue weighted by molar-refractivity contribution is -0.153. The van der Waals surface area contributed by atoms with Gasteiger partial charge in [0.25, 0.3) is 0 Å². The fraction of sp³-hybridized carbons (Fsp3) is 0.364. The maximum atomic E-state index is 13.8. The Morgan fingerprint density at radius 3 is 2.60 bits per heavy atom. The Hall–Kier alpha value is -2.86. The van der Waals surface area contributed by atoms with Crippen molar-refractivity contribution in [1.29, 1.82) is 0 Å². The molecule has 1 atom stereocenters. The van der Waals surface area contributed by atoms with E-state index in [9.17, 15) is 22.0 Å². The van der Waals surface area contributed by atoms with Gasteiger partial charge in [0.05, 0.1) is 0 Å². The Labute approximate surface area is 171 Å². The second kappa shape index (κ2) is 8.88. The first-order chi connectivity index (χ1) is 14.2. The number of hydrogen-bond acceptors (Lipinski definition) is 3. The standard InChI is InChI=1S/C22H21F5N2O/c1-3-8-28-11-16(14-4-5-14)19-9-13(2)21(30-12-22(25,26)27)20(29-19)15-6-7-17(23)18(24)10-15/h6-10,14,16,28H,1,4-5,11-12H2,2H3. The van der Waals surface area contributed by atoms with E-state index in [1.807, 2.05) is 0 Å². The summed E-state index contributed by atoms with van der Waals surface area (Å²) >= 11 is 0. The molecule has 1 aliphatic carbocycles. The van der Waals surface area contributed by atoms with Crippen LogP contribution in [0.25, 0.3) is 11.3 Å². The summed E-state index contributed by atoms with van der Waals surface area (Å²) < 4.78 is 70.5. The van der Waals surface area contributed by atoms with Crippen molar-refractivity contribution in [1.82, 2.24) is 10.3 Å². The maximum Gasteiger partial charge on any atom is 0.422 e. The number of nitrogens with one attached hydrogen (secondary N) is 1. The summed E-state index contributed by atoms with van der Waals surface area (Å²) in [7, 11) is 0. The highest BCUT2D eigenvalue weighted by atomic mass is 19.4. The lowest BCUT2D eigenvalue weighted by Crippen LogP contribution is -2.21. The van der Waals surface area contributed by atoms with Gasteiger partial charge in [0, 0.05) is 29.9 Å². The fourth-order valence-electron chi connectivity index (χ4n) is 3.32. The van der Waals surface area contributed by atoms with Gasteiger partial charge in [-0.3, -0.25) is 0 Å². The molecule has 0 spiro atoms. The zero-order valence-electron chi connectivity index (χ0n) is 16.3. The van der Waals surface area contributed by atoms with Crippen molar-refractivity contribution in [2.75, 3.05) is 13.2 Å². The van der Waals surface area contributed by atoms with E-state index in [0.29, 0.717) is 23.7 Å². The molecule has 1 aromatic heterocycles. The van der Waals surface area contributed by atoms with Gasteiger partial charge in [-0.2, -0.15) is 13.2 Å². The molecule has 1 fully saturated rings. The molecule has 1 aromatic carbocycles. The van der Waals surface area contributed by atoms with Crippen LogP contribution in [-0.4, -0.2) is 24.3 Å². The minimum atomic E-state index is -4.55. The van der Waals surface area contributed by atoms with Gasteiger partial charge in [0.15, 0.2) is 18.2 Å². The summed E-state index contributed by atoms with van der Waals surface area (Å²) in [6, 6.07) is 4.79. The second-order valence-electron chi connectivity index (χ2n) is 7.28. The van der Waals surface area contributed by atoms with Crippen LogP contribution < -0.4 is 10.1 Å². The first-order valence-electron chi connectivity index (χ1n) is 9.44. The first-order valence-corrected chi connectivity index (χ1v) is 9.44. The normalized spacial score (nSPS) is 14.7. The Morgan fingerprint density at radius 2 is 2.00 bits per heavy atom. The number of aryl methyl sites for hydroxylation is 1. The number of alkyl halides is 3. The molecule has 8 heteroatoms. The number of ether oxygens (including phenoxy) is 1. The number of pyridine rings is 1. The van der Waals surface area contributed by atoms with E-state index in [-0.39, 0.29) is 22.9 Å². The van der Waals surface area contributed by atoms with Crippen molar-refractivity contribution >= 4 is 0 Å². The van der Waals surface area contributed by atoms with Crippen molar-refractivity contribution in [3.8, 4) is 17.0 Å². The summed E-state index contributed by atoms with van der Waals surface area (Å²) in [6.07, 6.45) is -0.942. The molecule has 3 rings (SSSR count). The Morgan fingerprint density at radius 1 is 1.27 bits per heavy atom. The minimum Gasteiger partial charge on any atom is -0.482 e. The van der Waals surface area contributed by atoms with Gasteiger partial charge in [-0.05, 0) is 55.5 Å². The number of aromatic nitrogens is 1. The lowest BCUT2D eigenvalue weighted by Gasteiger charge is -2.21. The topological polar surface area (TPSA) is 34.1 Å². The molecule has 0 aliphatic heterocycles. The fourth-order valence-corrected chi connectivity index (χ4v) is 3.32. The van der Waals surface area contributed by atoms with Crippen LogP contribution in [0.3, 0.4) is 0 Å². The molecule has 0 saturated heterocycles. The van der Waals surface area contributed by atoms with E-state index in [1.54, 1.807) is 19.2 Å². The van der Waals surface area contributed by atoms with Crippen LogP contribution in [0, 0.1) is 24.5 Å². The summed E-state index contributed by atoms with van der Waals surface area (Å²) in [6.45, 7) is 4.14. The highest BCUT2D eigenvalue weighted by Gasteiger charge is 2.34. The molecule has 1 saturated carbocycles. The average Bonchev–Trinajstić information content (AvgIpc) is 3.50. The van der Waals surface area contributed by atoms with E-state index in [1.165, 1.54) is 6.07 Å². The van der Waals surface area contributed by atoms with Crippen LogP contribution in [0.4, 0.5) is 22.0 Å². The predicted octanol–water partition coefficient (Wildman–Crippen LogP) is 5.66. The highest BCUT2D eigenvalue weighted by molar-refractivity contribution is 5.68. The quantitative estimate of drug-likeness (QED) is 0.439. The van der Waals surface area contributed by atoms with Crippen LogP contribution in [0.15, 0.2) is 42.8 Å². The van der Waals surface area contributed by atoms with Gasteiger partial charge < -0.3 is 10.1 Å². The Kier molecular flexibility index (Phi) is 6.46. The number of benzene rings is 1. The summed E-state index contributed by atoms with van der Waals surface area (Å²) in [5.41, 5.74) is 3.91. The smallest absolute Gasteiger partial charge is 0.422 e. The number of halogens is 5. The van der Waals surface area contributed by atoms with Crippen molar-refractivity contribution in [2.24, 2.45) is 5.92 Å². The lowest BCUT2D eigenvalue weighted by atomic mass is 9.96. The van der Waals surface area contributed by atoms with Gasteiger partial charge in [-0.15, -0.1) is 5.73 Å². The van der Waals surface area contributed by atoms with E-state index >= 15 is 0 Å². The molecule has 1 heterocycles. The largest absolute Gasteiger partial charge is 0.482 e. The third-order valence-corrected chi connectivity index (χ3v) is 4.86. The monoisotopic (exact) mass is 424 g/mol. The first kappa shape index (κ1) is 21.8. The van der Waals surface area contributed by atoms with Gasteiger partial charge in [-0.25, -0.2) is 13.8 Å². The molecule has 0 bridgehead atoms. The average molecular weight is 424 g/mol. The molecule has 1 unspecified atom stereocenters. The molecule has 30 heavy (non-hydrogen) atoms. The minimum absolute atomic E-state index is 0.00554. The van der Waals surface area contributed by atoms with Gasteiger partial charge >= 0.3 is 6.18 Å². The van der Waals surface area contributed by atoms with Crippen molar-refractivity contribution < 1.29 is 26.7 Å². The van der Waals surface area contributed by atoms with Crippen LogP contribution in [0.2, 0.25) is 0 Å². The third kappa shape index (κ3) is 5.39. The highest BCUT2D eigenvalue weighted by Crippen LogP contribution is 2.44. The van der Waals surface area contributed by atoms with Crippen molar-refractivity contribution in [3.63, 3.8) is 0 Å². The maximum absolute atomic E-state index is 13.8. The van der Waals surface area contributed by atoms with Crippen LogP contribution >= 0.6 is 0 Å². The molecule has 2 aromatic rings. The zero-order chi connectivity index (χ0) is 21.9. The van der Waals surface area contributed by atoms with Gasteiger partial charge in [-0.1, -0.05) is 6.58 Å². The van der Waals surface area contributed by atoms with Crippen molar-refractivity contribution in [3.05, 3.63) is 65.7 Å². The van der Waals surface area contributed by atoms with E-state index in [4.69, 9.17) is 4.74 Å². The second-order valence-corrected chi connectivity index (χ2v) is 7.28. The Bertz CT molecular complexity index is 963. The summed E-state index contributed by atoms with van der Waals surface area (Å²) in [5.74, 6) is -1.90. The molecular formula is C22H21F5N2O. The van der Waals surface area contributed by atoms with Gasteiger partial charge in [0.2, 0.25) is 0 Å². The zero-order valence-corrected chi connectivity index (χ0v) is 16.3. The van der Waals surface area contributed by atoms with Crippen LogP contribution in [0.5, 0.6) is 5.75 Å². The predicted molar refractivity (Wildman–Crippen MR) is 103 cm³/mol. The molecule has 160 valence electrons. The summed E-state index contributed by atoms with van der Waals surface area (Å²) in [4.78, 5) is 4.54. The van der Waals surface area contributed by atoms with Crippen LogP contribution in [0.1, 0.15) is 30.0 Å². The van der Waals surface area contributed by atoms with Crippen molar-refractivity contribution in [2.45, 2.75) is 31.9 Å². The third-order valence-electron chi connectivity index (χ3n) is 4.86. The number of nitrogens with zero attached hydrogens (tertiary/aromatic N) is 1. The molecule has 3 nitrogen and oxygen atoms in total. The summed E-state index contributed by atoms with van der Waals surface area (Å²) in [5, 5.41) is 3.08. The Balaban J connectivity index is 2.06. The molecule has 1 aliphatic rings. The van der Waals surface area contributed by atoms with Gasteiger partial charge in [0.1, 0.15) is 11.4 Å². The SMILES string of the molecule is C=C=CNCC(c1cc(C)c(OCC(F)(F)F)c(-c2ccc(F)c(F)c2)n1)C1CC1. The van der Waals surface area contributed by atoms with E-state index in [2.05, 4.69) is 22.6 Å². The van der Waals surface area contributed by atoms with E-state index in [0.717, 1.165) is 25.0 Å². The van der Waals surface area contributed by atoms with E-state index < -0.39 is 24.4 Å². The molecular weight excluding hydrogens is 403 g/mol.